The van der Waals surface area contributed by atoms with Gasteiger partial charge in [-0.05, 0) is 29.7 Å². The van der Waals surface area contributed by atoms with Crippen molar-refractivity contribution < 1.29 is 19.1 Å². The highest BCUT2D eigenvalue weighted by Gasteiger charge is 2.32. The van der Waals surface area contributed by atoms with Crippen LogP contribution >= 0.6 is 0 Å². The maximum atomic E-state index is 12.6. The number of carbonyl (C=O) groups excluding carboxylic acids is 2. The molecule has 0 radical (unpaired) electrons. The Bertz CT molecular complexity index is 1130. The molecule has 0 saturated carbocycles. The smallest absolute Gasteiger partial charge is 0.315 e. The number of amides is 3. The van der Waals surface area contributed by atoms with Crippen molar-refractivity contribution in [3.63, 3.8) is 0 Å². The summed E-state index contributed by atoms with van der Waals surface area (Å²) >= 11 is 0. The number of ether oxygens (including phenoxy) is 2. The molecule has 3 aromatic rings. The highest BCUT2D eigenvalue weighted by molar-refractivity contribution is 5.97. The van der Waals surface area contributed by atoms with Crippen LogP contribution < -0.4 is 25.0 Å². The Morgan fingerprint density at radius 2 is 1.57 bits per heavy atom. The molecule has 1 atom stereocenters. The first kappa shape index (κ1) is 22.8. The van der Waals surface area contributed by atoms with Crippen LogP contribution in [0.5, 0.6) is 11.5 Å². The van der Waals surface area contributed by atoms with Crippen molar-refractivity contribution in [3.8, 4) is 11.5 Å². The number of carbonyl (C=O) groups is 2. The van der Waals surface area contributed by atoms with Crippen molar-refractivity contribution in [2.45, 2.75) is 24.8 Å². The van der Waals surface area contributed by atoms with Gasteiger partial charge in [-0.1, -0.05) is 60.7 Å². The lowest BCUT2D eigenvalue weighted by molar-refractivity contribution is -0.117. The van der Waals surface area contributed by atoms with Gasteiger partial charge in [0, 0.05) is 37.2 Å². The van der Waals surface area contributed by atoms with Gasteiger partial charge in [0.05, 0.1) is 6.04 Å². The summed E-state index contributed by atoms with van der Waals surface area (Å²) in [4.78, 5) is 26.9. The van der Waals surface area contributed by atoms with Crippen LogP contribution in [-0.2, 0) is 4.79 Å². The zero-order valence-electron chi connectivity index (χ0n) is 19.5. The predicted octanol–water partition coefficient (Wildman–Crippen LogP) is 4.08. The van der Waals surface area contributed by atoms with Gasteiger partial charge in [0.15, 0.2) is 11.5 Å². The van der Waals surface area contributed by atoms with Gasteiger partial charge in [-0.25, -0.2) is 4.79 Å². The van der Waals surface area contributed by atoms with Crippen LogP contribution in [0.4, 0.5) is 10.5 Å². The lowest BCUT2D eigenvalue weighted by Crippen LogP contribution is -2.43. The molecule has 0 aliphatic carbocycles. The number of hydrogen-bond donors (Lipinski definition) is 2. The average Bonchev–Trinajstić information content (AvgIpc) is 3.27. The Kier molecular flexibility index (Phi) is 6.84. The molecule has 1 fully saturated rings. The lowest BCUT2D eigenvalue weighted by Gasteiger charge is -2.22. The van der Waals surface area contributed by atoms with Gasteiger partial charge in [0.2, 0.25) is 5.91 Å². The molecule has 35 heavy (non-hydrogen) atoms. The summed E-state index contributed by atoms with van der Waals surface area (Å²) in [6, 6.07) is 25.6. The fourth-order valence-corrected chi connectivity index (χ4v) is 4.72. The number of hydrogen-bond acceptors (Lipinski definition) is 4. The Hall–Kier alpha value is -4.00. The highest BCUT2D eigenvalue weighted by Crippen LogP contribution is 2.35. The average molecular weight is 472 g/mol. The first-order valence-corrected chi connectivity index (χ1v) is 12.0. The summed E-state index contributed by atoms with van der Waals surface area (Å²) in [5, 5.41) is 5.93. The molecule has 1 saturated heterocycles. The van der Waals surface area contributed by atoms with Crippen LogP contribution in [0.3, 0.4) is 0 Å². The Morgan fingerprint density at radius 1 is 0.914 bits per heavy atom. The zero-order chi connectivity index (χ0) is 24.0. The van der Waals surface area contributed by atoms with E-state index in [9.17, 15) is 9.59 Å². The second-order valence-electron chi connectivity index (χ2n) is 8.80. The maximum absolute atomic E-state index is 12.6. The molecule has 0 aromatic heterocycles. The van der Waals surface area contributed by atoms with E-state index in [2.05, 4.69) is 34.9 Å². The molecule has 5 rings (SSSR count). The van der Waals surface area contributed by atoms with E-state index in [1.807, 2.05) is 54.6 Å². The summed E-state index contributed by atoms with van der Waals surface area (Å²) in [6.07, 6.45) is 1.03. The van der Waals surface area contributed by atoms with E-state index in [0.29, 0.717) is 37.8 Å². The zero-order valence-corrected chi connectivity index (χ0v) is 19.5. The van der Waals surface area contributed by atoms with Gasteiger partial charge in [-0.15, -0.1) is 0 Å². The van der Waals surface area contributed by atoms with Gasteiger partial charge in [0.25, 0.3) is 0 Å². The number of anilines is 1. The summed E-state index contributed by atoms with van der Waals surface area (Å²) in [5.74, 6) is 1.49. The van der Waals surface area contributed by atoms with E-state index in [-0.39, 0.29) is 30.3 Å². The SMILES string of the molecule is O=C(NCCC(c1ccccc1)c1ccccc1)NC1CC(=O)N(c2ccc3c(c2)OCCO3)C1. The second kappa shape index (κ2) is 10.5. The molecule has 0 spiro atoms. The van der Waals surface area contributed by atoms with Crippen molar-refractivity contribution in [2.75, 3.05) is 31.2 Å². The number of nitrogens with zero attached hydrogens (tertiary/aromatic N) is 1. The van der Waals surface area contributed by atoms with E-state index in [4.69, 9.17) is 9.47 Å². The molecule has 2 heterocycles. The highest BCUT2D eigenvalue weighted by atomic mass is 16.6. The molecule has 7 nitrogen and oxygen atoms in total. The van der Waals surface area contributed by atoms with Gasteiger partial charge in [0.1, 0.15) is 13.2 Å². The fraction of sp³-hybridized carbons (Fsp3) is 0.286. The minimum atomic E-state index is -0.258. The topological polar surface area (TPSA) is 79.9 Å². The third-order valence-corrected chi connectivity index (χ3v) is 6.42. The molecule has 7 heteroatoms. The van der Waals surface area contributed by atoms with Crippen molar-refractivity contribution in [2.24, 2.45) is 0 Å². The van der Waals surface area contributed by atoms with Crippen molar-refractivity contribution in [1.82, 2.24) is 10.6 Å². The molecule has 2 aliphatic rings. The molecule has 3 aromatic carbocycles. The van der Waals surface area contributed by atoms with Crippen LogP contribution in [0.25, 0.3) is 0 Å². The molecule has 2 N–H and O–H groups in total. The van der Waals surface area contributed by atoms with Crippen molar-refractivity contribution in [1.29, 1.82) is 0 Å². The van der Waals surface area contributed by atoms with Crippen LogP contribution in [-0.4, -0.2) is 44.3 Å². The molecular weight excluding hydrogens is 442 g/mol. The molecular formula is C28H29N3O4. The van der Waals surface area contributed by atoms with Gasteiger partial charge < -0.3 is 25.0 Å². The van der Waals surface area contributed by atoms with Gasteiger partial charge >= 0.3 is 6.03 Å². The molecule has 0 bridgehead atoms. The molecule has 3 amide bonds. The van der Waals surface area contributed by atoms with Gasteiger partial charge in [-0.3, -0.25) is 4.79 Å². The second-order valence-corrected chi connectivity index (χ2v) is 8.80. The summed E-state index contributed by atoms with van der Waals surface area (Å²) < 4.78 is 11.2. The standard InChI is InChI=1S/C28H29N3O4/c32-27-17-22(19-31(27)23-11-12-25-26(18-23)35-16-15-34-25)30-28(33)29-14-13-24(20-7-3-1-4-8-20)21-9-5-2-6-10-21/h1-12,18,22,24H,13-17,19H2,(H2,29,30,33). The van der Waals surface area contributed by atoms with E-state index < -0.39 is 0 Å². The number of nitrogens with one attached hydrogen (secondary N) is 2. The third kappa shape index (κ3) is 5.40. The number of urea groups is 1. The Labute approximate surface area is 205 Å². The first-order chi connectivity index (χ1) is 17.2. The fourth-order valence-electron chi connectivity index (χ4n) is 4.72. The van der Waals surface area contributed by atoms with Crippen LogP contribution in [0, 0.1) is 0 Å². The van der Waals surface area contributed by atoms with Crippen molar-refractivity contribution in [3.05, 3.63) is 90.0 Å². The predicted molar refractivity (Wildman–Crippen MR) is 134 cm³/mol. The van der Waals surface area contributed by atoms with Crippen LogP contribution in [0.15, 0.2) is 78.9 Å². The first-order valence-electron chi connectivity index (χ1n) is 12.0. The van der Waals surface area contributed by atoms with Crippen molar-refractivity contribution >= 4 is 17.6 Å². The molecule has 1 unspecified atom stereocenters. The molecule has 180 valence electrons. The quantitative estimate of drug-likeness (QED) is 0.544. The number of rotatable bonds is 7. The summed E-state index contributed by atoms with van der Waals surface area (Å²) in [7, 11) is 0. The van der Waals surface area contributed by atoms with Crippen LogP contribution in [0.1, 0.15) is 29.9 Å². The number of fused-ring (bicyclic) bond motifs is 1. The minimum Gasteiger partial charge on any atom is -0.486 e. The Morgan fingerprint density at radius 3 is 2.26 bits per heavy atom. The Balaban J connectivity index is 1.15. The summed E-state index contributed by atoms with van der Waals surface area (Å²) in [5.41, 5.74) is 3.19. The van der Waals surface area contributed by atoms with E-state index in [1.54, 1.807) is 4.90 Å². The van der Waals surface area contributed by atoms with Gasteiger partial charge in [-0.2, -0.15) is 0 Å². The summed E-state index contributed by atoms with van der Waals surface area (Å²) in [6.45, 7) is 1.95. The third-order valence-electron chi connectivity index (χ3n) is 6.42. The molecule has 2 aliphatic heterocycles. The number of benzene rings is 3. The van der Waals surface area contributed by atoms with E-state index in [1.165, 1.54) is 11.1 Å². The van der Waals surface area contributed by atoms with E-state index in [0.717, 1.165) is 12.1 Å². The monoisotopic (exact) mass is 471 g/mol. The lowest BCUT2D eigenvalue weighted by atomic mass is 9.88. The normalized spacial score (nSPS) is 16.9. The van der Waals surface area contributed by atoms with Crippen LogP contribution in [0.2, 0.25) is 0 Å². The van der Waals surface area contributed by atoms with E-state index >= 15 is 0 Å². The minimum absolute atomic E-state index is 0.0276. The largest absolute Gasteiger partial charge is 0.486 e. The maximum Gasteiger partial charge on any atom is 0.315 e.